The van der Waals surface area contributed by atoms with E-state index in [9.17, 15) is 0 Å². The van der Waals surface area contributed by atoms with Crippen molar-refractivity contribution < 1.29 is 0 Å². The van der Waals surface area contributed by atoms with Crippen LogP contribution < -0.4 is 0 Å². The topological polar surface area (TPSA) is 0 Å². The Morgan fingerprint density at radius 1 is 0.950 bits per heavy atom. The first kappa shape index (κ1) is 14.6. The van der Waals surface area contributed by atoms with E-state index in [1.165, 1.54) is 36.0 Å². The Labute approximate surface area is 123 Å². The van der Waals surface area contributed by atoms with Crippen LogP contribution in [0, 0.1) is 0 Å². The third kappa shape index (κ3) is 4.09. The Kier molecular flexibility index (Phi) is 5.61. The number of unbranched alkanes of at least 4 members (excludes halogenated alkanes) is 1. The summed E-state index contributed by atoms with van der Waals surface area (Å²) in [6.07, 6.45) is 8.27. The highest BCUT2D eigenvalue weighted by Crippen LogP contribution is 2.19. The molecule has 0 nitrogen and oxygen atoms in total. The van der Waals surface area contributed by atoms with Gasteiger partial charge in [0, 0.05) is 0 Å². The van der Waals surface area contributed by atoms with Crippen LogP contribution in [0.25, 0.3) is 6.08 Å². The van der Waals surface area contributed by atoms with Crippen molar-refractivity contribution in [3.8, 4) is 0 Å². The van der Waals surface area contributed by atoms with Gasteiger partial charge in [-0.2, -0.15) is 0 Å². The highest BCUT2D eigenvalue weighted by molar-refractivity contribution is 5.55. The largest absolute Gasteiger partial charge is 0.0767 e. The average molecular weight is 264 g/mol. The van der Waals surface area contributed by atoms with E-state index in [-0.39, 0.29) is 0 Å². The van der Waals surface area contributed by atoms with Gasteiger partial charge in [0.1, 0.15) is 0 Å². The molecule has 0 heterocycles. The van der Waals surface area contributed by atoms with Gasteiger partial charge in [-0.15, -0.1) is 0 Å². The first-order valence-corrected chi connectivity index (χ1v) is 7.62. The number of hydrogen-bond donors (Lipinski definition) is 0. The molecule has 0 aliphatic heterocycles. The lowest BCUT2D eigenvalue weighted by molar-refractivity contribution is 0.794. The fourth-order valence-corrected chi connectivity index (χ4v) is 2.41. The molecule has 0 aliphatic carbocycles. The lowest BCUT2D eigenvalue weighted by Gasteiger charge is -2.08. The molecule has 0 bridgehead atoms. The molecule has 20 heavy (non-hydrogen) atoms. The molecule has 2 aromatic rings. The standard InChI is InChI=1S/C20H24/c1-3-4-10-19-13-8-9-14-20(19)16-15-17(2)18-11-6-5-7-12-18/h5-9,11-17H,3-4,10H2,1-2H3. The molecule has 0 fully saturated rings. The minimum Gasteiger partial charge on any atom is -0.0767 e. The molecule has 1 unspecified atom stereocenters. The summed E-state index contributed by atoms with van der Waals surface area (Å²) in [7, 11) is 0. The molecular weight excluding hydrogens is 240 g/mol. The van der Waals surface area contributed by atoms with E-state index in [0.29, 0.717) is 5.92 Å². The van der Waals surface area contributed by atoms with Gasteiger partial charge in [-0.25, -0.2) is 0 Å². The summed E-state index contributed by atoms with van der Waals surface area (Å²) in [6, 6.07) is 19.4. The quantitative estimate of drug-likeness (QED) is 0.614. The zero-order chi connectivity index (χ0) is 14.2. The maximum absolute atomic E-state index is 2.31. The van der Waals surface area contributed by atoms with Gasteiger partial charge in [-0.1, -0.05) is 87.0 Å². The van der Waals surface area contributed by atoms with Gasteiger partial charge in [0.05, 0.1) is 0 Å². The highest BCUT2D eigenvalue weighted by Gasteiger charge is 2.01. The number of benzene rings is 2. The minimum atomic E-state index is 0.454. The van der Waals surface area contributed by atoms with Crippen molar-refractivity contribution in [3.05, 3.63) is 77.4 Å². The Balaban J connectivity index is 2.11. The van der Waals surface area contributed by atoms with Crippen molar-refractivity contribution in [1.82, 2.24) is 0 Å². The van der Waals surface area contributed by atoms with Crippen LogP contribution in [0.2, 0.25) is 0 Å². The Morgan fingerprint density at radius 3 is 2.40 bits per heavy atom. The smallest absolute Gasteiger partial charge is 0.000711 e. The van der Waals surface area contributed by atoms with Crippen LogP contribution in [0.3, 0.4) is 0 Å². The summed E-state index contributed by atoms with van der Waals surface area (Å²) < 4.78 is 0. The average Bonchev–Trinajstić information content (AvgIpc) is 2.52. The molecule has 104 valence electrons. The van der Waals surface area contributed by atoms with Gasteiger partial charge in [0.2, 0.25) is 0 Å². The number of hydrogen-bond acceptors (Lipinski definition) is 0. The van der Waals surface area contributed by atoms with E-state index in [2.05, 4.69) is 80.6 Å². The molecule has 0 spiro atoms. The summed E-state index contributed by atoms with van der Waals surface area (Å²) in [4.78, 5) is 0. The number of aryl methyl sites for hydroxylation is 1. The summed E-state index contributed by atoms with van der Waals surface area (Å²) in [5.41, 5.74) is 4.20. The number of rotatable bonds is 6. The lowest BCUT2D eigenvalue weighted by atomic mass is 9.97. The van der Waals surface area contributed by atoms with E-state index >= 15 is 0 Å². The van der Waals surface area contributed by atoms with E-state index in [0.717, 1.165) is 0 Å². The van der Waals surface area contributed by atoms with Crippen molar-refractivity contribution in [3.63, 3.8) is 0 Å². The normalized spacial score (nSPS) is 12.7. The molecule has 0 aliphatic rings. The fourth-order valence-electron chi connectivity index (χ4n) is 2.41. The van der Waals surface area contributed by atoms with Gasteiger partial charge < -0.3 is 0 Å². The third-order valence-corrected chi connectivity index (χ3v) is 3.74. The van der Waals surface area contributed by atoms with Gasteiger partial charge in [0.15, 0.2) is 0 Å². The Bertz CT molecular complexity index is 537. The molecule has 2 aromatic carbocycles. The second kappa shape index (κ2) is 7.69. The van der Waals surface area contributed by atoms with E-state index in [1.54, 1.807) is 0 Å². The van der Waals surface area contributed by atoms with Crippen molar-refractivity contribution in [2.75, 3.05) is 0 Å². The van der Waals surface area contributed by atoms with E-state index in [1.807, 2.05) is 0 Å². The van der Waals surface area contributed by atoms with E-state index < -0.39 is 0 Å². The van der Waals surface area contributed by atoms with Gasteiger partial charge in [0.25, 0.3) is 0 Å². The third-order valence-electron chi connectivity index (χ3n) is 3.74. The molecule has 0 saturated carbocycles. The van der Waals surface area contributed by atoms with E-state index in [4.69, 9.17) is 0 Å². The summed E-state index contributed by atoms with van der Waals surface area (Å²) in [5, 5.41) is 0. The highest BCUT2D eigenvalue weighted by atomic mass is 14.1. The van der Waals surface area contributed by atoms with Crippen molar-refractivity contribution >= 4 is 6.08 Å². The second-order valence-corrected chi connectivity index (χ2v) is 5.36. The Hall–Kier alpha value is -1.82. The molecule has 0 aromatic heterocycles. The second-order valence-electron chi connectivity index (χ2n) is 5.36. The Morgan fingerprint density at radius 2 is 1.65 bits per heavy atom. The van der Waals surface area contributed by atoms with Crippen LogP contribution in [-0.4, -0.2) is 0 Å². The molecule has 0 heteroatoms. The molecular formula is C20H24. The predicted molar refractivity (Wildman–Crippen MR) is 88.9 cm³/mol. The van der Waals surface area contributed by atoms with Crippen LogP contribution in [0.15, 0.2) is 60.7 Å². The van der Waals surface area contributed by atoms with Crippen molar-refractivity contribution in [2.45, 2.75) is 39.0 Å². The zero-order valence-electron chi connectivity index (χ0n) is 12.5. The zero-order valence-corrected chi connectivity index (χ0v) is 12.5. The summed E-state index contributed by atoms with van der Waals surface area (Å²) >= 11 is 0. The van der Waals surface area contributed by atoms with Gasteiger partial charge >= 0.3 is 0 Å². The van der Waals surface area contributed by atoms with Crippen LogP contribution in [-0.2, 0) is 6.42 Å². The first-order valence-electron chi connectivity index (χ1n) is 7.62. The molecule has 2 rings (SSSR count). The molecule has 0 radical (unpaired) electrons. The first-order chi connectivity index (χ1) is 9.81. The molecule has 0 saturated heterocycles. The van der Waals surface area contributed by atoms with Crippen molar-refractivity contribution in [1.29, 1.82) is 0 Å². The van der Waals surface area contributed by atoms with Crippen molar-refractivity contribution in [2.24, 2.45) is 0 Å². The van der Waals surface area contributed by atoms with Crippen LogP contribution >= 0.6 is 0 Å². The van der Waals surface area contributed by atoms with Crippen LogP contribution in [0.1, 0.15) is 49.3 Å². The van der Waals surface area contributed by atoms with Crippen LogP contribution in [0.4, 0.5) is 0 Å². The monoisotopic (exact) mass is 264 g/mol. The number of allylic oxidation sites excluding steroid dienone is 1. The maximum atomic E-state index is 2.31. The lowest BCUT2D eigenvalue weighted by Crippen LogP contribution is -1.91. The minimum absolute atomic E-state index is 0.454. The molecule has 0 N–H and O–H groups in total. The van der Waals surface area contributed by atoms with Crippen LogP contribution in [0.5, 0.6) is 0 Å². The SMILES string of the molecule is CCCCc1ccccc1C=CC(C)c1ccccc1. The predicted octanol–water partition coefficient (Wildman–Crippen LogP) is 5.85. The summed E-state index contributed by atoms with van der Waals surface area (Å²) in [6.45, 7) is 4.50. The molecule has 1 atom stereocenters. The van der Waals surface area contributed by atoms with Gasteiger partial charge in [-0.05, 0) is 35.4 Å². The van der Waals surface area contributed by atoms with Gasteiger partial charge in [-0.3, -0.25) is 0 Å². The summed E-state index contributed by atoms with van der Waals surface area (Å²) in [5.74, 6) is 0.454. The maximum Gasteiger partial charge on any atom is -0.000711 e. The molecule has 0 amide bonds. The fraction of sp³-hybridized carbons (Fsp3) is 0.300.